The summed E-state index contributed by atoms with van der Waals surface area (Å²) >= 11 is 0. The van der Waals surface area contributed by atoms with Crippen molar-refractivity contribution in [1.29, 1.82) is 0 Å². The molecule has 3 amide bonds. The van der Waals surface area contributed by atoms with Gasteiger partial charge >= 0.3 is 12.2 Å². The number of alkyl halides is 3. The summed E-state index contributed by atoms with van der Waals surface area (Å²) in [7, 11) is 0. The summed E-state index contributed by atoms with van der Waals surface area (Å²) < 4.78 is 52.7. The zero-order chi connectivity index (χ0) is 18.4. The van der Waals surface area contributed by atoms with Gasteiger partial charge in [0.1, 0.15) is 11.9 Å². The van der Waals surface area contributed by atoms with Crippen molar-refractivity contribution in [2.45, 2.75) is 12.2 Å². The maximum absolute atomic E-state index is 14.1. The molecule has 1 aromatic rings. The number of halogens is 4. The van der Waals surface area contributed by atoms with Gasteiger partial charge in [0, 0.05) is 26.2 Å². The Bertz CT molecular complexity index is 735. The number of amides is 3. The molecule has 0 radical (unpaired) electrons. The molecule has 0 spiro atoms. The molecule has 25 heavy (non-hydrogen) atoms. The molecule has 2 heterocycles. The Morgan fingerprint density at radius 1 is 1.24 bits per heavy atom. The van der Waals surface area contributed by atoms with Gasteiger partial charge < -0.3 is 4.90 Å². The molecule has 3 rings (SSSR count). The fourth-order valence-electron chi connectivity index (χ4n) is 3.08. The van der Waals surface area contributed by atoms with E-state index in [2.05, 4.69) is 6.58 Å². The average molecular weight is 357 g/mol. The van der Waals surface area contributed by atoms with Crippen LogP contribution in [-0.2, 0) is 11.0 Å². The topological polar surface area (TPSA) is 43.9 Å². The Kier molecular flexibility index (Phi) is 4.28. The van der Waals surface area contributed by atoms with E-state index >= 15 is 0 Å². The van der Waals surface area contributed by atoms with Gasteiger partial charge in [-0.05, 0) is 18.2 Å². The Labute approximate surface area is 141 Å². The highest BCUT2D eigenvalue weighted by molar-refractivity contribution is 6.21. The summed E-state index contributed by atoms with van der Waals surface area (Å²) in [6.45, 7) is 5.09. The van der Waals surface area contributed by atoms with E-state index in [0.29, 0.717) is 36.2 Å². The molecule has 2 saturated heterocycles. The molecule has 1 aromatic carbocycles. The van der Waals surface area contributed by atoms with Crippen LogP contribution in [0.25, 0.3) is 0 Å². The third-order valence-electron chi connectivity index (χ3n) is 4.31. The fraction of sp³-hybridized carbons (Fsp3) is 0.375. The molecule has 0 saturated carbocycles. The van der Waals surface area contributed by atoms with Gasteiger partial charge in [-0.1, -0.05) is 6.08 Å². The summed E-state index contributed by atoms with van der Waals surface area (Å²) in [5.74, 6) is -1.78. The second-order valence-electron chi connectivity index (χ2n) is 5.88. The van der Waals surface area contributed by atoms with Crippen molar-refractivity contribution in [3.8, 4) is 0 Å². The van der Waals surface area contributed by atoms with Crippen LogP contribution in [0.5, 0.6) is 0 Å². The SMILES string of the molecule is C=CCN1CCN2C(=O)N(c3cc(C(F)(F)F)ccc3F)C(=O)C2C1. The van der Waals surface area contributed by atoms with Gasteiger partial charge in [0.15, 0.2) is 0 Å². The number of nitrogens with zero attached hydrogens (tertiary/aromatic N) is 3. The van der Waals surface area contributed by atoms with Crippen molar-refractivity contribution in [3.05, 3.63) is 42.2 Å². The molecule has 0 aromatic heterocycles. The van der Waals surface area contributed by atoms with Crippen LogP contribution in [-0.4, -0.2) is 54.0 Å². The molecule has 2 aliphatic rings. The lowest BCUT2D eigenvalue weighted by molar-refractivity contribution is -0.137. The van der Waals surface area contributed by atoms with Crippen molar-refractivity contribution in [2.75, 3.05) is 31.1 Å². The van der Waals surface area contributed by atoms with E-state index in [9.17, 15) is 27.2 Å². The molecular formula is C16H15F4N3O2. The zero-order valence-corrected chi connectivity index (χ0v) is 13.1. The van der Waals surface area contributed by atoms with Gasteiger partial charge in [0.2, 0.25) is 0 Å². The van der Waals surface area contributed by atoms with Crippen LogP contribution in [0.15, 0.2) is 30.9 Å². The van der Waals surface area contributed by atoms with E-state index in [-0.39, 0.29) is 13.1 Å². The molecule has 2 fully saturated rings. The molecule has 2 aliphatic heterocycles. The monoisotopic (exact) mass is 357 g/mol. The van der Waals surface area contributed by atoms with Gasteiger partial charge in [-0.15, -0.1) is 6.58 Å². The van der Waals surface area contributed by atoms with E-state index in [1.807, 2.05) is 4.90 Å². The van der Waals surface area contributed by atoms with Crippen LogP contribution >= 0.6 is 0 Å². The van der Waals surface area contributed by atoms with E-state index in [1.165, 1.54) is 4.90 Å². The lowest BCUT2D eigenvalue weighted by Crippen LogP contribution is -2.52. The Morgan fingerprint density at radius 3 is 2.60 bits per heavy atom. The van der Waals surface area contributed by atoms with Gasteiger partial charge in [0.05, 0.1) is 11.3 Å². The quantitative estimate of drug-likeness (QED) is 0.474. The number of anilines is 1. The van der Waals surface area contributed by atoms with Crippen LogP contribution in [0, 0.1) is 5.82 Å². The molecule has 0 bridgehead atoms. The van der Waals surface area contributed by atoms with E-state index in [0.717, 1.165) is 0 Å². The third kappa shape index (κ3) is 2.99. The predicted octanol–water partition coefficient (Wildman–Crippen LogP) is 2.48. The number of fused-ring (bicyclic) bond motifs is 1. The summed E-state index contributed by atoms with van der Waals surface area (Å²) in [6, 6.07) is 0.0374. The van der Waals surface area contributed by atoms with Crippen LogP contribution in [0.1, 0.15) is 5.56 Å². The molecule has 0 N–H and O–H groups in total. The second kappa shape index (κ2) is 6.14. The first-order chi connectivity index (χ1) is 11.7. The number of piperazine rings is 1. The number of hydrogen-bond donors (Lipinski definition) is 0. The molecule has 1 atom stereocenters. The minimum absolute atomic E-state index is 0.230. The summed E-state index contributed by atoms with van der Waals surface area (Å²) in [5, 5.41) is 0. The van der Waals surface area contributed by atoms with Crippen LogP contribution in [0.2, 0.25) is 0 Å². The van der Waals surface area contributed by atoms with E-state index in [1.54, 1.807) is 6.08 Å². The van der Waals surface area contributed by atoms with Gasteiger partial charge in [0.25, 0.3) is 5.91 Å². The first kappa shape index (κ1) is 17.4. The number of rotatable bonds is 3. The Hall–Kier alpha value is -2.42. The molecule has 134 valence electrons. The highest BCUT2D eigenvalue weighted by atomic mass is 19.4. The lowest BCUT2D eigenvalue weighted by Gasteiger charge is -2.34. The van der Waals surface area contributed by atoms with Crippen molar-refractivity contribution in [1.82, 2.24) is 9.80 Å². The van der Waals surface area contributed by atoms with Crippen molar-refractivity contribution < 1.29 is 27.2 Å². The smallest absolute Gasteiger partial charge is 0.309 e. The van der Waals surface area contributed by atoms with Crippen LogP contribution in [0.4, 0.5) is 28.0 Å². The largest absolute Gasteiger partial charge is 0.416 e. The Balaban J connectivity index is 1.95. The highest BCUT2D eigenvalue weighted by Crippen LogP contribution is 2.35. The summed E-state index contributed by atoms with van der Waals surface area (Å²) in [5.41, 5.74) is -1.79. The highest BCUT2D eigenvalue weighted by Gasteiger charge is 2.49. The van der Waals surface area contributed by atoms with Crippen molar-refractivity contribution >= 4 is 17.6 Å². The number of carbonyl (C=O) groups is 2. The number of carbonyl (C=O) groups excluding carboxylic acids is 2. The minimum atomic E-state index is -4.71. The molecule has 0 aliphatic carbocycles. The van der Waals surface area contributed by atoms with Crippen LogP contribution in [0.3, 0.4) is 0 Å². The molecule has 5 nitrogen and oxygen atoms in total. The van der Waals surface area contributed by atoms with E-state index in [4.69, 9.17) is 0 Å². The van der Waals surface area contributed by atoms with Gasteiger partial charge in [-0.3, -0.25) is 9.69 Å². The van der Waals surface area contributed by atoms with Crippen LogP contribution < -0.4 is 4.90 Å². The minimum Gasteiger partial charge on any atom is -0.309 e. The van der Waals surface area contributed by atoms with E-state index < -0.39 is 41.2 Å². The number of benzene rings is 1. The number of hydrogen-bond acceptors (Lipinski definition) is 3. The van der Waals surface area contributed by atoms with Crippen molar-refractivity contribution in [3.63, 3.8) is 0 Å². The van der Waals surface area contributed by atoms with Crippen molar-refractivity contribution in [2.24, 2.45) is 0 Å². The maximum Gasteiger partial charge on any atom is 0.416 e. The van der Waals surface area contributed by atoms with Gasteiger partial charge in [-0.2, -0.15) is 13.2 Å². The second-order valence-corrected chi connectivity index (χ2v) is 5.88. The first-order valence-corrected chi connectivity index (χ1v) is 7.58. The lowest BCUT2D eigenvalue weighted by atomic mass is 10.1. The summed E-state index contributed by atoms with van der Waals surface area (Å²) in [4.78, 5) is 28.7. The zero-order valence-electron chi connectivity index (χ0n) is 13.1. The maximum atomic E-state index is 14.1. The predicted molar refractivity (Wildman–Crippen MR) is 81.4 cm³/mol. The summed E-state index contributed by atoms with van der Waals surface area (Å²) in [6.07, 6.45) is -3.05. The first-order valence-electron chi connectivity index (χ1n) is 7.58. The standard InChI is InChI=1S/C16H15F4N3O2/c1-2-5-21-6-7-22-13(9-21)14(24)23(15(22)25)12-8-10(16(18,19)20)3-4-11(12)17/h2-4,8,13H,1,5-7,9H2. The fourth-order valence-corrected chi connectivity index (χ4v) is 3.08. The third-order valence-corrected chi connectivity index (χ3v) is 4.31. The number of urea groups is 1. The Morgan fingerprint density at radius 2 is 1.96 bits per heavy atom. The normalized spacial score (nSPS) is 21.7. The average Bonchev–Trinajstić information content (AvgIpc) is 2.78. The molecule has 9 heteroatoms. The van der Waals surface area contributed by atoms with Gasteiger partial charge in [-0.25, -0.2) is 14.1 Å². The number of imide groups is 1. The molecule has 1 unspecified atom stereocenters. The molecular weight excluding hydrogens is 342 g/mol.